The van der Waals surface area contributed by atoms with E-state index in [-0.39, 0.29) is 18.1 Å². The van der Waals surface area contributed by atoms with E-state index in [1.54, 1.807) is 13.0 Å². The van der Waals surface area contributed by atoms with E-state index in [0.29, 0.717) is 25.2 Å². The molecule has 1 unspecified atom stereocenters. The fraction of sp³-hybridized carbons (Fsp3) is 0.571. The number of aryl methyl sites for hydroxylation is 1. The molecule has 1 fully saturated rings. The Morgan fingerprint density at radius 2 is 2.11 bits per heavy atom. The zero-order chi connectivity index (χ0) is 13.0. The van der Waals surface area contributed by atoms with Gasteiger partial charge in [0.15, 0.2) is 6.29 Å². The van der Waals surface area contributed by atoms with Crippen LogP contribution in [0.25, 0.3) is 0 Å². The lowest BCUT2D eigenvalue weighted by Gasteiger charge is -2.21. The Kier molecular flexibility index (Phi) is 4.69. The molecule has 2 rings (SSSR count). The molecule has 1 saturated heterocycles. The lowest BCUT2D eigenvalue weighted by Crippen LogP contribution is -2.26. The molecule has 1 N–H and O–H groups in total. The molecule has 1 aliphatic heterocycles. The zero-order valence-corrected chi connectivity index (χ0v) is 10.9. The SMILES string of the molecule is CCNC(CC1OCCO1)c1ccc(C)c(F)c1. The van der Waals surface area contributed by atoms with Gasteiger partial charge < -0.3 is 14.8 Å². The largest absolute Gasteiger partial charge is 0.350 e. The van der Waals surface area contributed by atoms with E-state index in [4.69, 9.17) is 9.47 Å². The lowest BCUT2D eigenvalue weighted by molar-refractivity contribution is -0.0529. The van der Waals surface area contributed by atoms with Crippen molar-refractivity contribution < 1.29 is 13.9 Å². The first kappa shape index (κ1) is 13.5. The molecule has 4 heteroatoms. The van der Waals surface area contributed by atoms with Gasteiger partial charge in [0, 0.05) is 12.5 Å². The highest BCUT2D eigenvalue weighted by atomic mass is 19.1. The second kappa shape index (κ2) is 6.27. The Morgan fingerprint density at radius 1 is 1.39 bits per heavy atom. The third kappa shape index (κ3) is 3.28. The van der Waals surface area contributed by atoms with Crippen molar-refractivity contribution in [2.75, 3.05) is 19.8 Å². The third-order valence-electron chi connectivity index (χ3n) is 3.17. The second-order valence-electron chi connectivity index (χ2n) is 4.53. The van der Waals surface area contributed by atoms with Crippen molar-refractivity contribution in [2.24, 2.45) is 0 Å². The van der Waals surface area contributed by atoms with E-state index in [9.17, 15) is 4.39 Å². The van der Waals surface area contributed by atoms with E-state index in [2.05, 4.69) is 5.32 Å². The molecule has 0 radical (unpaired) electrons. The van der Waals surface area contributed by atoms with Crippen LogP contribution in [-0.4, -0.2) is 26.0 Å². The molecule has 0 aromatic heterocycles. The average molecular weight is 253 g/mol. The smallest absolute Gasteiger partial charge is 0.159 e. The Bertz CT molecular complexity index is 391. The molecule has 1 aromatic carbocycles. The summed E-state index contributed by atoms with van der Waals surface area (Å²) in [6.07, 6.45) is 0.523. The van der Waals surface area contributed by atoms with Crippen LogP contribution >= 0.6 is 0 Å². The number of benzene rings is 1. The van der Waals surface area contributed by atoms with Crippen LogP contribution in [0.15, 0.2) is 18.2 Å². The standard InChI is InChI=1S/C14H20FNO2/c1-3-16-13(9-14-17-6-7-18-14)11-5-4-10(2)12(15)8-11/h4-5,8,13-14,16H,3,6-7,9H2,1-2H3. The molecule has 100 valence electrons. The summed E-state index contributed by atoms with van der Waals surface area (Å²) in [6.45, 7) is 5.92. The van der Waals surface area contributed by atoms with E-state index in [1.165, 1.54) is 0 Å². The predicted molar refractivity (Wildman–Crippen MR) is 67.9 cm³/mol. The van der Waals surface area contributed by atoms with Crippen molar-refractivity contribution >= 4 is 0 Å². The van der Waals surface area contributed by atoms with E-state index >= 15 is 0 Å². The Labute approximate surface area is 107 Å². The number of hydrogen-bond acceptors (Lipinski definition) is 3. The summed E-state index contributed by atoms with van der Waals surface area (Å²) in [6, 6.07) is 5.43. The molecule has 3 nitrogen and oxygen atoms in total. The van der Waals surface area contributed by atoms with Gasteiger partial charge in [0.1, 0.15) is 5.82 Å². The zero-order valence-electron chi connectivity index (χ0n) is 10.9. The molecule has 0 amide bonds. The first-order valence-electron chi connectivity index (χ1n) is 6.43. The average Bonchev–Trinajstić information content (AvgIpc) is 2.85. The molecular weight excluding hydrogens is 233 g/mol. The number of nitrogens with one attached hydrogen (secondary N) is 1. The Hall–Kier alpha value is -0.970. The maximum Gasteiger partial charge on any atom is 0.159 e. The van der Waals surface area contributed by atoms with Crippen LogP contribution in [0.3, 0.4) is 0 Å². The van der Waals surface area contributed by atoms with Gasteiger partial charge in [-0.3, -0.25) is 0 Å². The van der Waals surface area contributed by atoms with Crippen LogP contribution in [0.1, 0.15) is 30.5 Å². The third-order valence-corrected chi connectivity index (χ3v) is 3.17. The quantitative estimate of drug-likeness (QED) is 0.874. The van der Waals surface area contributed by atoms with Gasteiger partial charge in [0.05, 0.1) is 13.2 Å². The topological polar surface area (TPSA) is 30.5 Å². The van der Waals surface area contributed by atoms with Crippen molar-refractivity contribution in [3.63, 3.8) is 0 Å². The highest BCUT2D eigenvalue weighted by Crippen LogP contribution is 2.23. The lowest BCUT2D eigenvalue weighted by atomic mass is 10.0. The summed E-state index contributed by atoms with van der Waals surface area (Å²) in [5, 5.41) is 3.35. The van der Waals surface area contributed by atoms with Gasteiger partial charge in [-0.25, -0.2) is 4.39 Å². The van der Waals surface area contributed by atoms with E-state index in [0.717, 1.165) is 12.1 Å². The fourth-order valence-electron chi connectivity index (χ4n) is 2.15. The number of rotatable bonds is 5. The first-order valence-corrected chi connectivity index (χ1v) is 6.43. The monoisotopic (exact) mass is 253 g/mol. The number of ether oxygens (including phenoxy) is 2. The molecule has 0 saturated carbocycles. The Balaban J connectivity index is 2.09. The van der Waals surface area contributed by atoms with Gasteiger partial charge >= 0.3 is 0 Å². The highest BCUT2D eigenvalue weighted by molar-refractivity contribution is 5.25. The second-order valence-corrected chi connectivity index (χ2v) is 4.53. The molecule has 1 aliphatic rings. The molecule has 1 aromatic rings. The summed E-state index contributed by atoms with van der Waals surface area (Å²) < 4.78 is 24.5. The van der Waals surface area contributed by atoms with Crippen LogP contribution in [-0.2, 0) is 9.47 Å². The van der Waals surface area contributed by atoms with Gasteiger partial charge in [-0.2, -0.15) is 0 Å². The fourth-order valence-corrected chi connectivity index (χ4v) is 2.15. The van der Waals surface area contributed by atoms with E-state index < -0.39 is 0 Å². The summed E-state index contributed by atoms with van der Waals surface area (Å²) in [5.41, 5.74) is 1.61. The molecule has 0 aliphatic carbocycles. The van der Waals surface area contributed by atoms with E-state index in [1.807, 2.05) is 19.1 Å². The van der Waals surface area contributed by atoms with Crippen LogP contribution in [0.4, 0.5) is 4.39 Å². The van der Waals surface area contributed by atoms with Gasteiger partial charge in [-0.15, -0.1) is 0 Å². The minimum atomic E-state index is -0.182. The van der Waals surface area contributed by atoms with Crippen LogP contribution in [0.5, 0.6) is 0 Å². The summed E-state index contributed by atoms with van der Waals surface area (Å²) in [5.74, 6) is -0.163. The van der Waals surface area contributed by atoms with Crippen LogP contribution < -0.4 is 5.32 Å². The van der Waals surface area contributed by atoms with Crippen LogP contribution in [0.2, 0.25) is 0 Å². The minimum absolute atomic E-state index is 0.0631. The normalized spacial score (nSPS) is 18.2. The Morgan fingerprint density at radius 3 is 2.72 bits per heavy atom. The maximum atomic E-state index is 13.6. The predicted octanol–water partition coefficient (Wildman–Crippen LogP) is 2.55. The van der Waals surface area contributed by atoms with Crippen molar-refractivity contribution in [3.8, 4) is 0 Å². The first-order chi connectivity index (χ1) is 8.70. The number of hydrogen-bond donors (Lipinski definition) is 1. The summed E-state index contributed by atoms with van der Waals surface area (Å²) in [7, 11) is 0. The van der Waals surface area contributed by atoms with Gasteiger partial charge in [-0.05, 0) is 30.7 Å². The maximum absolute atomic E-state index is 13.6. The molecule has 1 atom stereocenters. The van der Waals surface area contributed by atoms with Crippen molar-refractivity contribution in [3.05, 3.63) is 35.1 Å². The van der Waals surface area contributed by atoms with Gasteiger partial charge in [0.25, 0.3) is 0 Å². The summed E-state index contributed by atoms with van der Waals surface area (Å²) >= 11 is 0. The number of halogens is 1. The van der Waals surface area contributed by atoms with Gasteiger partial charge in [-0.1, -0.05) is 19.1 Å². The van der Waals surface area contributed by atoms with Crippen molar-refractivity contribution in [2.45, 2.75) is 32.6 Å². The minimum Gasteiger partial charge on any atom is -0.350 e. The summed E-state index contributed by atoms with van der Waals surface area (Å²) in [4.78, 5) is 0. The van der Waals surface area contributed by atoms with Crippen LogP contribution in [0, 0.1) is 12.7 Å². The molecule has 0 spiro atoms. The molecule has 18 heavy (non-hydrogen) atoms. The molecule has 0 bridgehead atoms. The van der Waals surface area contributed by atoms with Gasteiger partial charge in [0.2, 0.25) is 0 Å². The van der Waals surface area contributed by atoms with Crippen molar-refractivity contribution in [1.29, 1.82) is 0 Å². The van der Waals surface area contributed by atoms with Crippen molar-refractivity contribution in [1.82, 2.24) is 5.32 Å². The highest BCUT2D eigenvalue weighted by Gasteiger charge is 2.22. The molecule has 1 heterocycles. The molecular formula is C14H20FNO2.